The van der Waals surface area contributed by atoms with Gasteiger partial charge in [-0.15, -0.1) is 0 Å². The van der Waals surface area contributed by atoms with Crippen molar-refractivity contribution < 1.29 is 14.7 Å². The first-order chi connectivity index (χ1) is 3.72. The Labute approximate surface area is 47.3 Å². The maximum absolute atomic E-state index is 9.90. The Morgan fingerprint density at radius 1 is 1.88 bits per heavy atom. The predicted molar refractivity (Wildman–Crippen MR) is 27.1 cm³/mol. The predicted octanol–water partition coefficient (Wildman–Crippen LogP) is 0.207. The first-order valence-corrected chi connectivity index (χ1v) is 2.32. The largest absolute Gasteiger partial charge is 0.481 e. The van der Waals surface area contributed by atoms with Crippen molar-refractivity contribution in [2.45, 2.75) is 13.3 Å². The zero-order chi connectivity index (χ0) is 6.57. The molecule has 1 unspecified atom stereocenters. The lowest BCUT2D eigenvalue weighted by molar-refractivity contribution is -0.139. The van der Waals surface area contributed by atoms with Gasteiger partial charge in [0.05, 0.1) is 0 Å². The van der Waals surface area contributed by atoms with Crippen molar-refractivity contribution in [1.82, 2.24) is 0 Å². The van der Waals surface area contributed by atoms with Crippen LogP contribution in [0.4, 0.5) is 0 Å². The number of carbonyl (C=O) groups is 1. The molecule has 0 saturated carbocycles. The van der Waals surface area contributed by atoms with E-state index in [1.165, 1.54) is 6.29 Å². The number of aliphatic carboxylic acids is 1. The Hall–Kier alpha value is -0.860. The molecule has 0 aliphatic rings. The quantitative estimate of drug-likeness (QED) is 0.535. The van der Waals surface area contributed by atoms with Crippen molar-refractivity contribution in [3.8, 4) is 0 Å². The van der Waals surface area contributed by atoms with Crippen LogP contribution in [-0.2, 0) is 9.59 Å². The molecule has 0 heterocycles. The fourth-order valence-corrected chi connectivity index (χ4v) is 0.308. The van der Waals surface area contributed by atoms with Crippen LogP contribution in [0.15, 0.2) is 0 Å². The van der Waals surface area contributed by atoms with E-state index >= 15 is 0 Å². The Balaban J connectivity index is 3.69. The number of carboxylic acids is 1. The van der Waals surface area contributed by atoms with Crippen LogP contribution in [0, 0.1) is 5.92 Å². The number of hydrogen-bond donors (Lipinski definition) is 1. The van der Waals surface area contributed by atoms with E-state index in [4.69, 9.17) is 5.11 Å². The van der Waals surface area contributed by atoms with Gasteiger partial charge in [-0.3, -0.25) is 9.59 Å². The van der Waals surface area contributed by atoms with Crippen LogP contribution in [0.25, 0.3) is 0 Å². The standard InChI is InChI=1S/C5H7O3/c1-2-4(3-6)5(7)8/h4H,2H2,1H3,(H,7,8). The summed E-state index contributed by atoms with van der Waals surface area (Å²) in [6, 6.07) is 0. The van der Waals surface area contributed by atoms with Gasteiger partial charge in [0.15, 0.2) is 0 Å². The fraction of sp³-hybridized carbons (Fsp3) is 0.600. The summed E-state index contributed by atoms with van der Waals surface area (Å²) in [6.45, 7) is 1.63. The molecule has 1 atom stereocenters. The highest BCUT2D eigenvalue weighted by molar-refractivity contribution is 5.86. The van der Waals surface area contributed by atoms with Gasteiger partial charge in [0.1, 0.15) is 5.92 Å². The van der Waals surface area contributed by atoms with E-state index in [9.17, 15) is 9.59 Å². The molecule has 0 aromatic rings. The molecule has 0 spiro atoms. The van der Waals surface area contributed by atoms with E-state index in [1.807, 2.05) is 0 Å². The molecule has 0 aliphatic heterocycles. The van der Waals surface area contributed by atoms with Crippen molar-refractivity contribution >= 4 is 12.3 Å². The molecule has 1 radical (unpaired) electrons. The maximum atomic E-state index is 9.90. The zero-order valence-electron chi connectivity index (χ0n) is 4.55. The molecule has 0 fully saturated rings. The zero-order valence-corrected chi connectivity index (χ0v) is 4.55. The molecule has 0 aromatic heterocycles. The lowest BCUT2D eigenvalue weighted by Gasteiger charge is -1.94. The number of hydrogen-bond acceptors (Lipinski definition) is 2. The van der Waals surface area contributed by atoms with E-state index in [1.54, 1.807) is 6.92 Å². The van der Waals surface area contributed by atoms with Gasteiger partial charge in [-0.05, 0) is 6.42 Å². The highest BCUT2D eigenvalue weighted by atomic mass is 16.4. The summed E-state index contributed by atoms with van der Waals surface area (Å²) in [5.74, 6) is -2.03. The molecule has 0 amide bonds. The molecule has 0 saturated heterocycles. The lowest BCUT2D eigenvalue weighted by atomic mass is 10.1. The first kappa shape index (κ1) is 7.14. The third kappa shape index (κ3) is 1.73. The minimum Gasteiger partial charge on any atom is -0.481 e. The number of carbonyl (C=O) groups excluding carboxylic acids is 1. The van der Waals surface area contributed by atoms with Crippen molar-refractivity contribution in [2.24, 2.45) is 5.92 Å². The highest BCUT2D eigenvalue weighted by Gasteiger charge is 2.13. The molecular weight excluding hydrogens is 108 g/mol. The Morgan fingerprint density at radius 3 is 2.38 bits per heavy atom. The summed E-state index contributed by atoms with van der Waals surface area (Å²) in [4.78, 5) is 19.6. The molecule has 8 heavy (non-hydrogen) atoms. The third-order valence-corrected chi connectivity index (χ3v) is 0.849. The van der Waals surface area contributed by atoms with Gasteiger partial charge in [0, 0.05) is 0 Å². The molecule has 0 aliphatic carbocycles. The van der Waals surface area contributed by atoms with Crippen LogP contribution in [0.5, 0.6) is 0 Å². The van der Waals surface area contributed by atoms with Crippen molar-refractivity contribution in [2.75, 3.05) is 0 Å². The molecule has 0 bridgehead atoms. The number of rotatable bonds is 3. The molecule has 3 heteroatoms. The summed E-state index contributed by atoms with van der Waals surface area (Å²) >= 11 is 0. The SMILES string of the molecule is CCC([C]=O)C(=O)O. The van der Waals surface area contributed by atoms with Crippen LogP contribution in [0.1, 0.15) is 13.3 Å². The van der Waals surface area contributed by atoms with Crippen LogP contribution in [0.2, 0.25) is 0 Å². The molecule has 3 nitrogen and oxygen atoms in total. The Bertz CT molecular complexity index is 97.8. The van der Waals surface area contributed by atoms with Gasteiger partial charge in [0.25, 0.3) is 0 Å². The summed E-state index contributed by atoms with van der Waals surface area (Å²) in [7, 11) is 0. The van der Waals surface area contributed by atoms with Gasteiger partial charge in [-0.2, -0.15) is 0 Å². The smallest absolute Gasteiger partial charge is 0.314 e. The first-order valence-electron chi connectivity index (χ1n) is 2.32. The van der Waals surface area contributed by atoms with E-state index in [0.717, 1.165) is 0 Å². The Kier molecular flexibility index (Phi) is 2.84. The van der Waals surface area contributed by atoms with E-state index < -0.39 is 11.9 Å². The monoisotopic (exact) mass is 115 g/mol. The average Bonchev–Trinajstić information content (AvgIpc) is 1.69. The lowest BCUT2D eigenvalue weighted by Crippen LogP contribution is -2.12. The molecular formula is C5H7O3. The van der Waals surface area contributed by atoms with Gasteiger partial charge in [0.2, 0.25) is 6.29 Å². The minimum absolute atomic E-state index is 0.318. The fourth-order valence-electron chi connectivity index (χ4n) is 0.308. The topological polar surface area (TPSA) is 54.4 Å². The molecule has 45 valence electrons. The Morgan fingerprint density at radius 2 is 2.38 bits per heavy atom. The van der Waals surface area contributed by atoms with Gasteiger partial charge >= 0.3 is 5.97 Å². The highest BCUT2D eigenvalue weighted by Crippen LogP contribution is 1.95. The number of carboxylic acid groups (broad SMARTS) is 1. The van der Waals surface area contributed by atoms with Crippen LogP contribution in [-0.4, -0.2) is 17.4 Å². The van der Waals surface area contributed by atoms with Gasteiger partial charge in [-0.1, -0.05) is 6.92 Å². The minimum atomic E-state index is -1.09. The van der Waals surface area contributed by atoms with Gasteiger partial charge < -0.3 is 5.11 Å². The summed E-state index contributed by atoms with van der Waals surface area (Å²) < 4.78 is 0. The second-order valence-electron chi connectivity index (χ2n) is 1.42. The summed E-state index contributed by atoms with van der Waals surface area (Å²) in [5.41, 5.74) is 0. The van der Waals surface area contributed by atoms with Crippen molar-refractivity contribution in [3.05, 3.63) is 0 Å². The van der Waals surface area contributed by atoms with E-state index in [2.05, 4.69) is 0 Å². The normalized spacial score (nSPS) is 12.6. The van der Waals surface area contributed by atoms with Crippen LogP contribution >= 0.6 is 0 Å². The second-order valence-corrected chi connectivity index (χ2v) is 1.42. The molecule has 0 aromatic carbocycles. The summed E-state index contributed by atoms with van der Waals surface area (Å²) in [6.07, 6.45) is 1.72. The third-order valence-electron chi connectivity index (χ3n) is 0.849. The van der Waals surface area contributed by atoms with Crippen LogP contribution in [0.3, 0.4) is 0 Å². The van der Waals surface area contributed by atoms with Crippen molar-refractivity contribution in [1.29, 1.82) is 0 Å². The van der Waals surface area contributed by atoms with Crippen LogP contribution < -0.4 is 0 Å². The van der Waals surface area contributed by atoms with E-state index in [0.29, 0.717) is 6.42 Å². The maximum Gasteiger partial charge on any atom is 0.314 e. The molecule has 0 rings (SSSR count). The second kappa shape index (κ2) is 3.18. The van der Waals surface area contributed by atoms with E-state index in [-0.39, 0.29) is 0 Å². The molecule has 1 N–H and O–H groups in total. The average molecular weight is 115 g/mol. The summed E-state index contributed by atoms with van der Waals surface area (Å²) in [5, 5.41) is 8.11. The van der Waals surface area contributed by atoms with Gasteiger partial charge in [-0.25, -0.2) is 0 Å². The van der Waals surface area contributed by atoms with Crippen molar-refractivity contribution in [3.63, 3.8) is 0 Å².